The van der Waals surface area contributed by atoms with Gasteiger partial charge in [-0.3, -0.25) is 14.2 Å². The number of fused-ring (bicyclic) bond motifs is 1. The van der Waals surface area contributed by atoms with Gasteiger partial charge in [-0.15, -0.1) is 11.3 Å². The molecule has 7 heteroatoms. The van der Waals surface area contributed by atoms with Crippen molar-refractivity contribution in [3.8, 4) is 5.69 Å². The molecule has 0 aliphatic carbocycles. The SMILES string of the molecule is Cc1cccc(Cn2c(=O)n(-c3ccc(CC(=O)NCc4ccccc4)cc3)c(=O)c3sccc32)c1. The van der Waals surface area contributed by atoms with Crippen molar-refractivity contribution in [3.05, 3.63) is 133 Å². The van der Waals surface area contributed by atoms with Gasteiger partial charge in [0.25, 0.3) is 5.56 Å². The quantitative estimate of drug-likeness (QED) is 0.363. The molecule has 0 spiro atoms. The van der Waals surface area contributed by atoms with Crippen LogP contribution in [0.5, 0.6) is 0 Å². The van der Waals surface area contributed by atoms with Crippen molar-refractivity contribution in [2.24, 2.45) is 0 Å². The van der Waals surface area contributed by atoms with Gasteiger partial charge in [-0.25, -0.2) is 9.36 Å². The monoisotopic (exact) mass is 495 g/mol. The molecule has 1 N–H and O–H groups in total. The first-order valence-corrected chi connectivity index (χ1v) is 12.6. The summed E-state index contributed by atoms with van der Waals surface area (Å²) in [4.78, 5) is 39.2. The Bertz CT molecular complexity index is 1650. The summed E-state index contributed by atoms with van der Waals surface area (Å²) in [5.41, 5.74) is 4.33. The maximum Gasteiger partial charge on any atom is 0.336 e. The molecule has 36 heavy (non-hydrogen) atoms. The summed E-state index contributed by atoms with van der Waals surface area (Å²) < 4.78 is 3.40. The summed E-state index contributed by atoms with van der Waals surface area (Å²) >= 11 is 1.33. The lowest BCUT2D eigenvalue weighted by molar-refractivity contribution is -0.120. The summed E-state index contributed by atoms with van der Waals surface area (Å²) in [5.74, 6) is -0.0933. The number of rotatable bonds is 7. The second kappa shape index (κ2) is 10.2. The molecule has 180 valence electrons. The highest BCUT2D eigenvalue weighted by atomic mass is 32.1. The molecule has 0 saturated carbocycles. The van der Waals surface area contributed by atoms with Gasteiger partial charge in [0.2, 0.25) is 5.91 Å². The third-order valence-electron chi connectivity index (χ3n) is 6.07. The molecule has 5 rings (SSSR count). The molecule has 0 unspecified atom stereocenters. The molecule has 0 aliphatic heterocycles. The Morgan fingerprint density at radius 1 is 0.861 bits per heavy atom. The van der Waals surface area contributed by atoms with Crippen molar-refractivity contribution >= 4 is 27.5 Å². The Morgan fingerprint density at radius 2 is 1.61 bits per heavy atom. The van der Waals surface area contributed by atoms with Gasteiger partial charge < -0.3 is 5.32 Å². The normalized spacial score (nSPS) is 11.0. The Kier molecular flexibility index (Phi) is 6.64. The molecule has 1 amide bonds. The lowest BCUT2D eigenvalue weighted by Gasteiger charge is -2.13. The Morgan fingerprint density at radius 3 is 2.36 bits per heavy atom. The van der Waals surface area contributed by atoms with Gasteiger partial charge in [-0.05, 0) is 47.2 Å². The predicted molar refractivity (Wildman–Crippen MR) is 144 cm³/mol. The number of aromatic nitrogens is 2. The molecular weight excluding hydrogens is 470 g/mol. The Balaban J connectivity index is 1.41. The fourth-order valence-electron chi connectivity index (χ4n) is 4.27. The Labute approximate surface area is 212 Å². The van der Waals surface area contributed by atoms with E-state index >= 15 is 0 Å². The zero-order chi connectivity index (χ0) is 25.1. The summed E-state index contributed by atoms with van der Waals surface area (Å²) in [5, 5.41) is 4.75. The van der Waals surface area contributed by atoms with E-state index in [9.17, 15) is 14.4 Å². The molecule has 2 heterocycles. The number of hydrogen-bond acceptors (Lipinski definition) is 4. The average Bonchev–Trinajstić information content (AvgIpc) is 3.37. The van der Waals surface area contributed by atoms with Crippen LogP contribution in [0.3, 0.4) is 0 Å². The van der Waals surface area contributed by atoms with Crippen molar-refractivity contribution in [1.29, 1.82) is 0 Å². The van der Waals surface area contributed by atoms with Gasteiger partial charge in [0.15, 0.2) is 0 Å². The number of thiophene rings is 1. The summed E-state index contributed by atoms with van der Waals surface area (Å²) in [7, 11) is 0. The smallest absolute Gasteiger partial charge is 0.336 e. The number of carbonyl (C=O) groups is 1. The highest BCUT2D eigenvalue weighted by Crippen LogP contribution is 2.18. The number of hydrogen-bond donors (Lipinski definition) is 1. The van der Waals surface area contributed by atoms with E-state index in [0.717, 1.165) is 22.3 Å². The van der Waals surface area contributed by atoms with Gasteiger partial charge in [0, 0.05) is 6.54 Å². The number of nitrogens with zero attached hydrogens (tertiary/aromatic N) is 2. The van der Waals surface area contributed by atoms with Gasteiger partial charge in [-0.2, -0.15) is 0 Å². The second-order valence-electron chi connectivity index (χ2n) is 8.74. The minimum atomic E-state index is -0.388. The lowest BCUT2D eigenvalue weighted by Crippen LogP contribution is -2.38. The largest absolute Gasteiger partial charge is 0.352 e. The maximum atomic E-state index is 13.5. The first-order valence-electron chi connectivity index (χ1n) is 11.7. The number of amides is 1. The fourth-order valence-corrected chi connectivity index (χ4v) is 5.09. The number of benzene rings is 3. The predicted octanol–water partition coefficient (Wildman–Crippen LogP) is 4.43. The van der Waals surface area contributed by atoms with E-state index in [1.807, 2.05) is 73.0 Å². The van der Waals surface area contributed by atoms with Crippen molar-refractivity contribution < 1.29 is 4.79 Å². The van der Waals surface area contributed by atoms with Crippen molar-refractivity contribution in [1.82, 2.24) is 14.5 Å². The van der Waals surface area contributed by atoms with Gasteiger partial charge in [-0.1, -0.05) is 72.3 Å². The van der Waals surface area contributed by atoms with E-state index in [0.29, 0.717) is 29.0 Å². The summed E-state index contributed by atoms with van der Waals surface area (Å²) in [6, 6.07) is 26.6. The Hall–Kier alpha value is -4.23. The lowest BCUT2D eigenvalue weighted by atomic mass is 10.1. The van der Waals surface area contributed by atoms with E-state index in [1.165, 1.54) is 15.9 Å². The highest BCUT2D eigenvalue weighted by Gasteiger charge is 2.16. The van der Waals surface area contributed by atoms with Gasteiger partial charge in [0.1, 0.15) is 4.70 Å². The molecule has 2 aromatic heterocycles. The van der Waals surface area contributed by atoms with Gasteiger partial charge >= 0.3 is 5.69 Å². The van der Waals surface area contributed by atoms with Crippen LogP contribution in [0.2, 0.25) is 0 Å². The third-order valence-corrected chi connectivity index (χ3v) is 6.96. The zero-order valence-corrected chi connectivity index (χ0v) is 20.6. The molecule has 0 atom stereocenters. The molecule has 5 aromatic rings. The molecule has 0 radical (unpaired) electrons. The zero-order valence-electron chi connectivity index (χ0n) is 19.8. The van der Waals surface area contributed by atoms with E-state index < -0.39 is 0 Å². The molecule has 0 fully saturated rings. The molecule has 6 nitrogen and oxygen atoms in total. The summed E-state index contributed by atoms with van der Waals surface area (Å²) in [6.07, 6.45) is 0.212. The minimum Gasteiger partial charge on any atom is -0.352 e. The fraction of sp³-hybridized carbons (Fsp3) is 0.138. The van der Waals surface area contributed by atoms with E-state index in [-0.39, 0.29) is 23.6 Å². The third kappa shape index (κ3) is 4.92. The first-order chi connectivity index (χ1) is 17.5. The molecule has 0 aliphatic rings. The van der Waals surface area contributed by atoms with Crippen LogP contribution in [-0.4, -0.2) is 15.0 Å². The molecule has 0 bridgehead atoms. The van der Waals surface area contributed by atoms with Crippen LogP contribution in [0.25, 0.3) is 15.9 Å². The van der Waals surface area contributed by atoms with Crippen molar-refractivity contribution in [2.45, 2.75) is 26.4 Å². The second-order valence-corrected chi connectivity index (χ2v) is 9.65. The number of aryl methyl sites for hydroxylation is 1. The van der Waals surface area contributed by atoms with Crippen LogP contribution in [-0.2, 0) is 24.3 Å². The highest BCUT2D eigenvalue weighted by molar-refractivity contribution is 7.17. The van der Waals surface area contributed by atoms with E-state index in [1.54, 1.807) is 28.8 Å². The van der Waals surface area contributed by atoms with Crippen molar-refractivity contribution in [2.75, 3.05) is 0 Å². The van der Waals surface area contributed by atoms with Crippen LogP contribution >= 0.6 is 11.3 Å². The van der Waals surface area contributed by atoms with Crippen LogP contribution in [0.1, 0.15) is 22.3 Å². The van der Waals surface area contributed by atoms with Crippen molar-refractivity contribution in [3.63, 3.8) is 0 Å². The average molecular weight is 496 g/mol. The van der Waals surface area contributed by atoms with E-state index in [4.69, 9.17) is 0 Å². The first kappa shape index (κ1) is 23.5. The minimum absolute atomic E-state index is 0.0933. The molecular formula is C29H25N3O3S. The van der Waals surface area contributed by atoms with Crippen LogP contribution in [0, 0.1) is 6.92 Å². The maximum absolute atomic E-state index is 13.5. The topological polar surface area (TPSA) is 73.1 Å². The molecule has 0 saturated heterocycles. The van der Waals surface area contributed by atoms with Crippen LogP contribution < -0.4 is 16.6 Å². The van der Waals surface area contributed by atoms with Gasteiger partial charge in [0.05, 0.1) is 24.2 Å². The number of carbonyl (C=O) groups excluding carboxylic acids is 1. The summed E-state index contributed by atoms with van der Waals surface area (Å²) in [6.45, 7) is 2.85. The standard InChI is InChI=1S/C29H25N3O3S/c1-20-6-5-9-23(16-20)19-31-25-14-15-36-27(25)28(34)32(29(31)35)24-12-10-21(11-13-24)17-26(33)30-18-22-7-3-2-4-8-22/h2-16H,17-19H2,1H3,(H,30,33). The molecule has 3 aromatic carbocycles. The number of nitrogens with one attached hydrogen (secondary N) is 1. The van der Waals surface area contributed by atoms with E-state index in [2.05, 4.69) is 5.32 Å². The van der Waals surface area contributed by atoms with Crippen LogP contribution in [0.4, 0.5) is 0 Å². The van der Waals surface area contributed by atoms with Crippen LogP contribution in [0.15, 0.2) is 99.9 Å².